The van der Waals surface area contributed by atoms with Crippen molar-refractivity contribution in [2.45, 2.75) is 91.6 Å². The molecule has 8 bridgehead atoms. The van der Waals surface area contributed by atoms with E-state index >= 15 is 0 Å². The van der Waals surface area contributed by atoms with Gasteiger partial charge >= 0.3 is 11.9 Å². The number of fused-ring (bicyclic) bond motifs is 8. The summed E-state index contributed by atoms with van der Waals surface area (Å²) < 4.78 is 11.0. The molecule has 2 aliphatic heterocycles. The summed E-state index contributed by atoms with van der Waals surface area (Å²) in [6.45, 7) is 12.2. The predicted molar refractivity (Wildman–Crippen MR) is 196 cm³/mol. The Kier molecular flexibility index (Phi) is 11.5. The molecule has 0 aliphatic carbocycles. The Labute approximate surface area is 297 Å². The first-order valence-corrected chi connectivity index (χ1v) is 17.5. The van der Waals surface area contributed by atoms with Crippen LogP contribution in [-0.2, 0) is 36.7 Å². The van der Waals surface area contributed by atoms with Crippen LogP contribution >= 0.6 is 0 Å². The second-order valence-electron chi connectivity index (χ2n) is 13.4. The van der Waals surface area contributed by atoms with Crippen molar-refractivity contribution < 1.29 is 34.1 Å². The van der Waals surface area contributed by atoms with Gasteiger partial charge in [0.15, 0.2) is 0 Å². The van der Waals surface area contributed by atoms with Crippen LogP contribution in [0.2, 0.25) is 0 Å². The van der Waals surface area contributed by atoms with E-state index in [9.17, 15) is 24.6 Å². The van der Waals surface area contributed by atoms with Crippen LogP contribution in [0.4, 0.5) is 0 Å². The molecular formula is C39H49N5O7. The lowest BCUT2D eigenvalue weighted by Crippen LogP contribution is -2.26. The zero-order valence-electron chi connectivity index (χ0n) is 30.7. The Morgan fingerprint density at radius 1 is 0.980 bits per heavy atom. The number of carbonyl (C=O) groups is 3. The van der Waals surface area contributed by atoms with Gasteiger partial charge in [-0.1, -0.05) is 13.8 Å². The number of amides is 1. The number of nitrogens with zero attached hydrogens (tertiary/aromatic N) is 2. The van der Waals surface area contributed by atoms with Crippen LogP contribution in [0, 0.1) is 13.8 Å². The van der Waals surface area contributed by atoms with E-state index in [-0.39, 0.29) is 44.4 Å². The number of carbonyl (C=O) groups excluding carboxylic acids is 2. The second kappa shape index (κ2) is 15.6. The Morgan fingerprint density at radius 2 is 1.69 bits per heavy atom. The zero-order valence-corrected chi connectivity index (χ0v) is 30.7. The van der Waals surface area contributed by atoms with Gasteiger partial charge in [0.05, 0.1) is 42.3 Å². The zero-order chi connectivity index (χ0) is 37.1. The number of hydrogen-bond acceptors (Lipinski definition) is 8. The van der Waals surface area contributed by atoms with Crippen molar-refractivity contribution in [2.75, 3.05) is 27.4 Å². The number of methoxy groups -OCH3 is 2. The van der Waals surface area contributed by atoms with Crippen molar-refractivity contribution in [3.8, 4) is 0 Å². The van der Waals surface area contributed by atoms with E-state index in [1.807, 2.05) is 39.8 Å². The van der Waals surface area contributed by atoms with Gasteiger partial charge in [0.2, 0.25) is 0 Å². The maximum Gasteiger partial charge on any atom is 0.310 e. The lowest BCUT2D eigenvalue weighted by Gasteiger charge is -2.18. The number of carboxylic acid groups (broad SMARTS) is 1. The number of carboxylic acids is 1. The molecule has 51 heavy (non-hydrogen) atoms. The van der Waals surface area contributed by atoms with Crippen molar-refractivity contribution >= 4 is 51.1 Å². The Balaban J connectivity index is 2.01. The van der Waals surface area contributed by atoms with Gasteiger partial charge in [-0.3, -0.25) is 19.4 Å². The maximum atomic E-state index is 14.0. The van der Waals surface area contributed by atoms with Crippen LogP contribution in [0.25, 0.3) is 33.2 Å². The van der Waals surface area contributed by atoms with Gasteiger partial charge in [0.25, 0.3) is 5.91 Å². The van der Waals surface area contributed by atoms with E-state index < -0.39 is 23.8 Å². The molecule has 0 spiro atoms. The van der Waals surface area contributed by atoms with Crippen LogP contribution in [0.15, 0.2) is 18.2 Å². The van der Waals surface area contributed by atoms with Gasteiger partial charge < -0.3 is 35.0 Å². The minimum Gasteiger partial charge on any atom is -0.481 e. The van der Waals surface area contributed by atoms with E-state index in [0.717, 1.165) is 50.7 Å². The number of aliphatic hydroxyl groups excluding tert-OH is 1. The molecule has 3 unspecified atom stereocenters. The molecule has 0 saturated heterocycles. The summed E-state index contributed by atoms with van der Waals surface area (Å²) in [7, 11) is 2.98. The molecular weight excluding hydrogens is 650 g/mol. The molecule has 5 rings (SSSR count). The first-order valence-electron chi connectivity index (χ1n) is 17.5. The lowest BCUT2D eigenvalue weighted by atomic mass is 9.84. The number of ether oxygens (including phenoxy) is 2. The Hall–Kier alpha value is -4.81. The smallest absolute Gasteiger partial charge is 0.310 e. The highest BCUT2D eigenvalue weighted by Gasteiger charge is 2.35. The van der Waals surface area contributed by atoms with Crippen LogP contribution in [0.5, 0.6) is 0 Å². The van der Waals surface area contributed by atoms with Crippen molar-refractivity contribution in [1.82, 2.24) is 25.3 Å². The number of aliphatic carboxylic acids is 1. The fourth-order valence-corrected chi connectivity index (χ4v) is 7.36. The maximum absolute atomic E-state index is 14.0. The molecule has 0 saturated carbocycles. The van der Waals surface area contributed by atoms with Crippen molar-refractivity contribution in [3.05, 3.63) is 68.8 Å². The topological polar surface area (TPSA) is 180 Å². The number of aryl methyl sites for hydroxylation is 3. The highest BCUT2D eigenvalue weighted by molar-refractivity contribution is 6.27. The molecule has 12 nitrogen and oxygen atoms in total. The average molecular weight is 700 g/mol. The summed E-state index contributed by atoms with van der Waals surface area (Å²) in [4.78, 5) is 56.4. The molecule has 12 heteroatoms. The molecule has 0 radical (unpaired) electrons. The second-order valence-corrected chi connectivity index (χ2v) is 13.4. The monoisotopic (exact) mass is 699 g/mol. The number of rotatable bonds is 12. The molecule has 272 valence electrons. The normalized spacial score (nSPS) is 16.3. The molecule has 0 fully saturated rings. The van der Waals surface area contributed by atoms with E-state index in [2.05, 4.69) is 35.2 Å². The minimum atomic E-state index is -0.944. The molecule has 2 aliphatic rings. The fourth-order valence-electron chi connectivity index (χ4n) is 7.36. The molecule has 0 aromatic carbocycles. The number of nitrogens with one attached hydrogen (secondary N) is 3. The quantitative estimate of drug-likeness (QED) is 0.110. The molecule has 3 atom stereocenters. The lowest BCUT2D eigenvalue weighted by molar-refractivity contribution is -0.140. The van der Waals surface area contributed by atoms with Crippen molar-refractivity contribution in [1.29, 1.82) is 0 Å². The van der Waals surface area contributed by atoms with Gasteiger partial charge in [-0.05, 0) is 87.4 Å². The van der Waals surface area contributed by atoms with Crippen molar-refractivity contribution in [2.24, 2.45) is 0 Å². The molecule has 5 N–H and O–H groups in total. The third-order valence-corrected chi connectivity index (χ3v) is 10.4. The van der Waals surface area contributed by atoms with E-state index in [1.165, 1.54) is 7.11 Å². The first-order chi connectivity index (χ1) is 24.3. The standard InChI is InChI=1S/C39H49N5O7/c1-9-24-19(2)27-18-32-35(23(6)50-7)21(4)29(42-32)16-28-20(3)25(11-12-33(46)47)37(43-28)26(15-34(48)51-8)38-36(39(49)40-13-10-14-45)22(5)30(44-38)17-31(24)41-27/h16-18,20,23,25,41-42,45H,9-15H2,1-8H3,(H,40,49)(H,46,47). The van der Waals surface area contributed by atoms with Gasteiger partial charge in [-0.15, -0.1) is 0 Å². The molecule has 3 aromatic rings. The molecule has 3 aromatic heterocycles. The predicted octanol–water partition coefficient (Wildman–Crippen LogP) is 6.10. The average Bonchev–Trinajstić information content (AvgIpc) is 3.78. The number of esters is 1. The van der Waals surface area contributed by atoms with E-state index in [0.29, 0.717) is 45.9 Å². The van der Waals surface area contributed by atoms with Crippen LogP contribution in [-0.4, -0.2) is 75.4 Å². The summed E-state index contributed by atoms with van der Waals surface area (Å²) in [5.74, 6) is -2.51. The first kappa shape index (κ1) is 37.4. The minimum absolute atomic E-state index is 0.0853. The number of aromatic nitrogens is 4. The van der Waals surface area contributed by atoms with Crippen molar-refractivity contribution in [3.63, 3.8) is 0 Å². The highest BCUT2D eigenvalue weighted by Crippen LogP contribution is 2.44. The summed E-state index contributed by atoms with van der Waals surface area (Å²) >= 11 is 0. The summed E-state index contributed by atoms with van der Waals surface area (Å²) in [5.41, 5.74) is 11.1. The Bertz CT molecular complexity index is 2060. The van der Waals surface area contributed by atoms with Gasteiger partial charge in [-0.2, -0.15) is 0 Å². The summed E-state index contributed by atoms with van der Waals surface area (Å²) in [6, 6.07) is 6.02. The van der Waals surface area contributed by atoms with Gasteiger partial charge in [0, 0.05) is 77.4 Å². The van der Waals surface area contributed by atoms with E-state index in [1.54, 1.807) is 7.11 Å². The number of aliphatic hydroxyl groups is 1. The molecule has 1 amide bonds. The number of hydrogen-bond donors (Lipinski definition) is 5. The number of H-pyrrole nitrogens is 2. The number of aromatic amines is 2. The fraction of sp³-hybridized carbons (Fsp3) is 0.462. The van der Waals surface area contributed by atoms with E-state index in [4.69, 9.17) is 19.4 Å². The van der Waals surface area contributed by atoms with Gasteiger partial charge in [0.1, 0.15) is 0 Å². The van der Waals surface area contributed by atoms with Crippen LogP contribution in [0.1, 0.15) is 115 Å². The molecule has 5 heterocycles. The van der Waals surface area contributed by atoms with Crippen LogP contribution in [0.3, 0.4) is 0 Å². The summed E-state index contributed by atoms with van der Waals surface area (Å²) in [5, 5.41) is 22.0. The summed E-state index contributed by atoms with van der Waals surface area (Å²) in [6.07, 6.45) is 0.810. The third kappa shape index (κ3) is 7.34. The van der Waals surface area contributed by atoms with Gasteiger partial charge in [-0.25, -0.2) is 4.98 Å². The highest BCUT2D eigenvalue weighted by atomic mass is 16.5. The Morgan fingerprint density at radius 3 is 2.33 bits per heavy atom. The largest absolute Gasteiger partial charge is 0.481 e. The van der Waals surface area contributed by atoms with Crippen LogP contribution < -0.4 is 5.32 Å². The SMILES string of the molecule is CCc1c(C)c2cc3[nH]c(cc4nc(c(CC(=O)OC)c5nc(cc1[nH]2)C(C)=C5C(=O)NCCCO)C(CCC(=O)O)C4C)c(C)c3C(C)OC. The number of allylic oxidation sites excluding steroid dienone is 1. The third-order valence-electron chi connectivity index (χ3n) is 10.4.